The van der Waals surface area contributed by atoms with Crippen molar-refractivity contribution in [1.29, 1.82) is 0 Å². The van der Waals surface area contributed by atoms with Gasteiger partial charge in [0.1, 0.15) is 0 Å². The highest BCUT2D eigenvalue weighted by Crippen LogP contribution is 2.24. The van der Waals surface area contributed by atoms with Gasteiger partial charge >= 0.3 is 0 Å². The van der Waals surface area contributed by atoms with Gasteiger partial charge < -0.3 is 5.32 Å². The second-order valence-corrected chi connectivity index (χ2v) is 9.41. The zero-order valence-corrected chi connectivity index (χ0v) is 20.2. The van der Waals surface area contributed by atoms with Crippen molar-refractivity contribution in [2.24, 2.45) is 0 Å². The van der Waals surface area contributed by atoms with Crippen LogP contribution in [0.25, 0.3) is 0 Å². The van der Waals surface area contributed by atoms with Crippen molar-refractivity contribution >= 4 is 5.91 Å². The fourth-order valence-corrected chi connectivity index (χ4v) is 4.75. The van der Waals surface area contributed by atoms with Crippen molar-refractivity contribution in [3.05, 3.63) is 47.2 Å². The first kappa shape index (κ1) is 25.7. The SMILES string of the molecule is CCCCCCCCCCCCCCCCC=CNC(=O)c1cccc2c1CCCC2. The van der Waals surface area contributed by atoms with Gasteiger partial charge in [0, 0.05) is 11.8 Å². The Kier molecular flexibility index (Phi) is 14.1. The summed E-state index contributed by atoms with van der Waals surface area (Å²) in [6, 6.07) is 6.18. The van der Waals surface area contributed by atoms with Crippen molar-refractivity contribution in [1.82, 2.24) is 5.32 Å². The number of carbonyl (C=O) groups is 1. The fourth-order valence-electron chi connectivity index (χ4n) is 4.75. The second-order valence-electron chi connectivity index (χ2n) is 9.41. The minimum atomic E-state index is 0.0518. The first-order chi connectivity index (χ1) is 15.3. The normalized spacial score (nSPS) is 13.5. The Labute approximate surface area is 192 Å². The number of hydrogen-bond acceptors (Lipinski definition) is 1. The molecule has 0 fully saturated rings. The molecule has 0 aliphatic heterocycles. The average molecular weight is 426 g/mol. The lowest BCUT2D eigenvalue weighted by Crippen LogP contribution is -2.20. The van der Waals surface area contributed by atoms with E-state index in [9.17, 15) is 4.79 Å². The lowest BCUT2D eigenvalue weighted by molar-refractivity contribution is 0.0968. The van der Waals surface area contributed by atoms with Crippen LogP contribution in [0.2, 0.25) is 0 Å². The molecule has 31 heavy (non-hydrogen) atoms. The minimum absolute atomic E-state index is 0.0518. The van der Waals surface area contributed by atoms with Gasteiger partial charge in [-0.15, -0.1) is 0 Å². The van der Waals surface area contributed by atoms with Crippen LogP contribution in [0, 0.1) is 0 Å². The summed E-state index contributed by atoms with van der Waals surface area (Å²) in [7, 11) is 0. The lowest BCUT2D eigenvalue weighted by atomic mass is 9.88. The van der Waals surface area contributed by atoms with E-state index in [0.717, 1.165) is 24.8 Å². The summed E-state index contributed by atoms with van der Waals surface area (Å²) >= 11 is 0. The molecule has 2 heteroatoms. The molecule has 0 saturated heterocycles. The molecular formula is C29H47NO. The Bertz CT molecular complexity index is 634. The molecule has 1 aromatic carbocycles. The summed E-state index contributed by atoms with van der Waals surface area (Å²) in [6.07, 6.45) is 29.2. The number of fused-ring (bicyclic) bond motifs is 1. The smallest absolute Gasteiger partial charge is 0.255 e. The number of rotatable bonds is 17. The van der Waals surface area contributed by atoms with Gasteiger partial charge in [-0.3, -0.25) is 4.79 Å². The van der Waals surface area contributed by atoms with Crippen molar-refractivity contribution in [2.75, 3.05) is 0 Å². The molecule has 1 aliphatic rings. The number of benzene rings is 1. The first-order valence-corrected chi connectivity index (χ1v) is 13.4. The molecule has 0 unspecified atom stereocenters. The summed E-state index contributed by atoms with van der Waals surface area (Å²) in [4.78, 5) is 12.5. The van der Waals surface area contributed by atoms with Gasteiger partial charge in [0.2, 0.25) is 0 Å². The third kappa shape index (κ3) is 11.0. The third-order valence-corrected chi connectivity index (χ3v) is 6.70. The molecule has 1 aliphatic carbocycles. The van der Waals surface area contributed by atoms with Gasteiger partial charge in [0.25, 0.3) is 5.91 Å². The van der Waals surface area contributed by atoms with Crippen molar-refractivity contribution < 1.29 is 4.79 Å². The van der Waals surface area contributed by atoms with E-state index in [1.54, 1.807) is 0 Å². The molecule has 0 radical (unpaired) electrons. The van der Waals surface area contributed by atoms with Crippen LogP contribution >= 0.6 is 0 Å². The minimum Gasteiger partial charge on any atom is -0.329 e. The highest BCUT2D eigenvalue weighted by atomic mass is 16.1. The quantitative estimate of drug-likeness (QED) is 0.248. The van der Waals surface area contributed by atoms with E-state index < -0.39 is 0 Å². The predicted octanol–water partition coefficient (Wildman–Crippen LogP) is 8.68. The summed E-state index contributed by atoms with van der Waals surface area (Å²) in [6.45, 7) is 2.29. The van der Waals surface area contributed by atoms with E-state index in [1.165, 1.54) is 114 Å². The molecule has 1 aromatic rings. The number of hydrogen-bond donors (Lipinski definition) is 1. The molecule has 0 bridgehead atoms. The number of amides is 1. The van der Waals surface area contributed by atoms with E-state index in [-0.39, 0.29) is 5.91 Å². The summed E-state index contributed by atoms with van der Waals surface area (Å²) < 4.78 is 0. The van der Waals surface area contributed by atoms with Gasteiger partial charge in [0.05, 0.1) is 0 Å². The largest absolute Gasteiger partial charge is 0.329 e. The Morgan fingerprint density at radius 1 is 0.806 bits per heavy atom. The topological polar surface area (TPSA) is 29.1 Å². The first-order valence-electron chi connectivity index (χ1n) is 13.4. The molecule has 0 aromatic heterocycles. The van der Waals surface area contributed by atoms with Crippen LogP contribution in [0.15, 0.2) is 30.5 Å². The van der Waals surface area contributed by atoms with Gasteiger partial charge in [0.15, 0.2) is 0 Å². The van der Waals surface area contributed by atoms with Crippen LogP contribution < -0.4 is 5.32 Å². The maximum Gasteiger partial charge on any atom is 0.255 e. The molecule has 2 nitrogen and oxygen atoms in total. The summed E-state index contributed by atoms with van der Waals surface area (Å²) in [5.41, 5.74) is 3.51. The van der Waals surface area contributed by atoms with E-state index in [2.05, 4.69) is 24.4 Å². The van der Waals surface area contributed by atoms with E-state index in [0.29, 0.717) is 0 Å². The second kappa shape index (κ2) is 17.0. The monoisotopic (exact) mass is 425 g/mol. The van der Waals surface area contributed by atoms with Crippen LogP contribution in [-0.4, -0.2) is 5.91 Å². The fraction of sp³-hybridized carbons (Fsp3) is 0.690. The highest BCUT2D eigenvalue weighted by molar-refractivity contribution is 5.96. The summed E-state index contributed by atoms with van der Waals surface area (Å²) in [5.74, 6) is 0.0518. The molecule has 174 valence electrons. The molecule has 1 N–H and O–H groups in total. The predicted molar refractivity (Wildman–Crippen MR) is 135 cm³/mol. The van der Waals surface area contributed by atoms with Crippen LogP contribution in [0.3, 0.4) is 0 Å². The van der Waals surface area contributed by atoms with E-state index in [1.807, 2.05) is 18.3 Å². The zero-order valence-electron chi connectivity index (χ0n) is 20.2. The Morgan fingerprint density at radius 2 is 1.39 bits per heavy atom. The Morgan fingerprint density at radius 3 is 2.03 bits per heavy atom. The summed E-state index contributed by atoms with van der Waals surface area (Å²) in [5, 5.41) is 2.98. The Balaban J connectivity index is 1.41. The Hall–Kier alpha value is -1.57. The molecule has 0 heterocycles. The number of unbranched alkanes of at least 4 members (excludes halogenated alkanes) is 14. The van der Waals surface area contributed by atoms with E-state index in [4.69, 9.17) is 0 Å². The van der Waals surface area contributed by atoms with Crippen LogP contribution in [0.1, 0.15) is 138 Å². The van der Waals surface area contributed by atoms with Crippen molar-refractivity contribution in [3.63, 3.8) is 0 Å². The molecule has 0 atom stereocenters. The van der Waals surface area contributed by atoms with Gasteiger partial charge in [-0.25, -0.2) is 0 Å². The maximum absolute atomic E-state index is 12.5. The number of allylic oxidation sites excluding steroid dienone is 1. The average Bonchev–Trinajstić information content (AvgIpc) is 2.80. The van der Waals surface area contributed by atoms with Crippen LogP contribution in [0.5, 0.6) is 0 Å². The van der Waals surface area contributed by atoms with Gasteiger partial charge in [-0.1, -0.05) is 109 Å². The van der Waals surface area contributed by atoms with Crippen molar-refractivity contribution in [2.45, 2.75) is 129 Å². The molecule has 2 rings (SSSR count). The standard InChI is InChI=1S/C29H47NO/c1-2-3-4-5-6-7-8-9-10-11-12-13-14-15-16-19-25-30-29(31)28-24-20-22-26-21-17-18-23-27(26)28/h19-20,22,24-25H,2-18,21,23H2,1H3,(H,30,31). The molecule has 0 spiro atoms. The number of carbonyl (C=O) groups excluding carboxylic acids is 1. The zero-order chi connectivity index (χ0) is 22.0. The third-order valence-electron chi connectivity index (χ3n) is 6.70. The molecular weight excluding hydrogens is 378 g/mol. The lowest BCUT2D eigenvalue weighted by Gasteiger charge is -2.18. The number of nitrogens with one attached hydrogen (secondary N) is 1. The maximum atomic E-state index is 12.5. The molecule has 1 amide bonds. The van der Waals surface area contributed by atoms with Gasteiger partial charge in [-0.2, -0.15) is 0 Å². The molecule has 0 saturated carbocycles. The van der Waals surface area contributed by atoms with Crippen molar-refractivity contribution in [3.8, 4) is 0 Å². The van der Waals surface area contributed by atoms with Crippen LogP contribution in [-0.2, 0) is 12.8 Å². The number of aryl methyl sites for hydroxylation is 1. The van der Waals surface area contributed by atoms with E-state index >= 15 is 0 Å². The highest BCUT2D eigenvalue weighted by Gasteiger charge is 2.16. The van der Waals surface area contributed by atoms with Gasteiger partial charge in [-0.05, 0) is 55.7 Å². The van der Waals surface area contributed by atoms with Crippen LogP contribution in [0.4, 0.5) is 0 Å².